The van der Waals surface area contributed by atoms with Crippen LogP contribution in [-0.2, 0) is 5.41 Å². The van der Waals surface area contributed by atoms with Crippen LogP contribution in [0.3, 0.4) is 0 Å². The Morgan fingerprint density at radius 3 is 2.72 bits per heavy atom. The van der Waals surface area contributed by atoms with Crippen LogP contribution in [0, 0.1) is 11.7 Å². The summed E-state index contributed by atoms with van der Waals surface area (Å²) in [6, 6.07) is 7.96. The maximum Gasteiger partial charge on any atom is 0.123 e. The van der Waals surface area contributed by atoms with Crippen LogP contribution in [0.5, 0.6) is 0 Å². The SMILES string of the molecule is CCC1CC(CNC2CC2)(c2cccc(F)c2)C1. The standard InChI is InChI=1S/C16H22FN/c1-2-12-9-16(10-12,11-18-15-6-7-15)13-4-3-5-14(17)8-13/h3-5,8,12,15,18H,2,6-7,9-11H2,1H3. The molecule has 0 aromatic heterocycles. The molecule has 98 valence electrons. The molecule has 0 amide bonds. The van der Waals surface area contributed by atoms with Crippen LogP contribution in [0.15, 0.2) is 24.3 Å². The topological polar surface area (TPSA) is 12.0 Å². The van der Waals surface area contributed by atoms with Crippen LogP contribution in [-0.4, -0.2) is 12.6 Å². The number of rotatable bonds is 5. The van der Waals surface area contributed by atoms with Gasteiger partial charge in [0.2, 0.25) is 0 Å². The normalized spacial score (nSPS) is 31.1. The Labute approximate surface area is 109 Å². The highest BCUT2D eigenvalue weighted by atomic mass is 19.1. The molecule has 2 aliphatic rings. The van der Waals surface area contributed by atoms with Gasteiger partial charge in [-0.3, -0.25) is 0 Å². The van der Waals surface area contributed by atoms with E-state index in [1.807, 2.05) is 6.07 Å². The average molecular weight is 247 g/mol. The van der Waals surface area contributed by atoms with Crippen molar-refractivity contribution >= 4 is 0 Å². The summed E-state index contributed by atoms with van der Waals surface area (Å²) in [6.07, 6.45) is 6.31. The van der Waals surface area contributed by atoms with Crippen LogP contribution in [0.4, 0.5) is 4.39 Å². The first-order valence-electron chi connectivity index (χ1n) is 7.21. The summed E-state index contributed by atoms with van der Waals surface area (Å²) in [5.74, 6) is 0.729. The van der Waals surface area contributed by atoms with E-state index in [9.17, 15) is 4.39 Å². The fourth-order valence-corrected chi connectivity index (χ4v) is 3.26. The maximum atomic E-state index is 13.4. The molecule has 0 heterocycles. The Bertz CT molecular complexity index is 419. The van der Waals surface area contributed by atoms with Crippen molar-refractivity contribution in [3.05, 3.63) is 35.6 Å². The van der Waals surface area contributed by atoms with Gasteiger partial charge in [0.1, 0.15) is 5.82 Å². The summed E-state index contributed by atoms with van der Waals surface area (Å²) < 4.78 is 13.4. The highest BCUT2D eigenvalue weighted by Crippen LogP contribution is 2.49. The Morgan fingerprint density at radius 2 is 2.11 bits per heavy atom. The van der Waals surface area contributed by atoms with Crippen molar-refractivity contribution in [1.29, 1.82) is 0 Å². The van der Waals surface area contributed by atoms with Crippen molar-refractivity contribution in [2.75, 3.05) is 6.54 Å². The van der Waals surface area contributed by atoms with Crippen LogP contribution < -0.4 is 5.32 Å². The average Bonchev–Trinajstić information content (AvgIpc) is 3.12. The Hall–Kier alpha value is -0.890. The number of nitrogens with one attached hydrogen (secondary N) is 1. The molecule has 1 N–H and O–H groups in total. The van der Waals surface area contributed by atoms with E-state index in [1.165, 1.54) is 37.7 Å². The zero-order chi connectivity index (χ0) is 12.6. The molecular weight excluding hydrogens is 225 g/mol. The van der Waals surface area contributed by atoms with Gasteiger partial charge >= 0.3 is 0 Å². The molecule has 0 bridgehead atoms. The third-order valence-electron chi connectivity index (χ3n) is 4.68. The first kappa shape index (κ1) is 12.2. The van der Waals surface area contributed by atoms with E-state index in [0.717, 1.165) is 18.5 Å². The summed E-state index contributed by atoms with van der Waals surface area (Å²) in [7, 11) is 0. The molecule has 2 aliphatic carbocycles. The summed E-state index contributed by atoms with van der Waals surface area (Å²) >= 11 is 0. The first-order chi connectivity index (χ1) is 8.72. The zero-order valence-corrected chi connectivity index (χ0v) is 11.1. The Morgan fingerprint density at radius 1 is 1.33 bits per heavy atom. The highest BCUT2D eigenvalue weighted by Gasteiger charge is 2.45. The van der Waals surface area contributed by atoms with Crippen LogP contribution in [0.2, 0.25) is 0 Å². The third kappa shape index (κ3) is 2.31. The second-order valence-corrected chi connectivity index (χ2v) is 6.13. The summed E-state index contributed by atoms with van der Waals surface area (Å²) in [5, 5.41) is 3.64. The number of hydrogen-bond acceptors (Lipinski definition) is 1. The molecule has 0 radical (unpaired) electrons. The lowest BCUT2D eigenvalue weighted by atomic mass is 9.58. The minimum atomic E-state index is -0.0988. The second-order valence-electron chi connectivity index (χ2n) is 6.13. The van der Waals surface area contributed by atoms with Crippen molar-refractivity contribution < 1.29 is 4.39 Å². The van der Waals surface area contributed by atoms with Crippen LogP contribution in [0.25, 0.3) is 0 Å². The Balaban J connectivity index is 1.76. The van der Waals surface area contributed by atoms with Gasteiger partial charge < -0.3 is 5.32 Å². The van der Waals surface area contributed by atoms with Crippen molar-refractivity contribution in [2.45, 2.75) is 50.5 Å². The van der Waals surface area contributed by atoms with E-state index in [1.54, 1.807) is 12.1 Å². The highest BCUT2D eigenvalue weighted by molar-refractivity contribution is 5.30. The molecule has 0 saturated heterocycles. The van der Waals surface area contributed by atoms with Crippen LogP contribution >= 0.6 is 0 Å². The van der Waals surface area contributed by atoms with E-state index >= 15 is 0 Å². The van der Waals surface area contributed by atoms with Crippen molar-refractivity contribution in [2.24, 2.45) is 5.92 Å². The monoisotopic (exact) mass is 247 g/mol. The quantitative estimate of drug-likeness (QED) is 0.837. The molecule has 0 atom stereocenters. The van der Waals surface area contributed by atoms with Gasteiger partial charge in [-0.2, -0.15) is 0 Å². The summed E-state index contributed by atoms with van der Waals surface area (Å²) in [4.78, 5) is 0. The van der Waals surface area contributed by atoms with Gasteiger partial charge in [0.25, 0.3) is 0 Å². The predicted octanol–water partition coefficient (Wildman–Crippen LogP) is 3.64. The van der Waals surface area contributed by atoms with Gasteiger partial charge in [0.15, 0.2) is 0 Å². The van der Waals surface area contributed by atoms with Gasteiger partial charge in [-0.1, -0.05) is 25.5 Å². The van der Waals surface area contributed by atoms with Gasteiger partial charge in [0.05, 0.1) is 0 Å². The molecular formula is C16H22FN. The van der Waals surface area contributed by atoms with Crippen molar-refractivity contribution in [3.8, 4) is 0 Å². The van der Waals surface area contributed by atoms with E-state index in [-0.39, 0.29) is 11.2 Å². The molecule has 3 rings (SSSR count). The smallest absolute Gasteiger partial charge is 0.123 e. The lowest BCUT2D eigenvalue weighted by molar-refractivity contribution is 0.133. The Kier molecular flexibility index (Phi) is 3.14. The first-order valence-corrected chi connectivity index (χ1v) is 7.21. The molecule has 1 aromatic carbocycles. The summed E-state index contributed by atoms with van der Waals surface area (Å²) in [6.45, 7) is 3.28. The van der Waals surface area contributed by atoms with E-state index in [2.05, 4.69) is 18.3 Å². The molecule has 0 aliphatic heterocycles. The summed E-state index contributed by atoms with van der Waals surface area (Å²) in [5.41, 5.74) is 1.39. The molecule has 2 heteroatoms. The van der Waals surface area contributed by atoms with E-state index in [4.69, 9.17) is 0 Å². The van der Waals surface area contributed by atoms with Gasteiger partial charge in [0, 0.05) is 18.0 Å². The van der Waals surface area contributed by atoms with E-state index in [0.29, 0.717) is 0 Å². The lowest BCUT2D eigenvalue weighted by Crippen LogP contribution is -2.49. The number of halogens is 1. The zero-order valence-electron chi connectivity index (χ0n) is 11.1. The lowest BCUT2D eigenvalue weighted by Gasteiger charge is -2.48. The molecule has 1 aromatic rings. The number of benzene rings is 1. The third-order valence-corrected chi connectivity index (χ3v) is 4.68. The van der Waals surface area contributed by atoms with Crippen molar-refractivity contribution in [3.63, 3.8) is 0 Å². The largest absolute Gasteiger partial charge is 0.313 e. The fourth-order valence-electron chi connectivity index (χ4n) is 3.26. The minimum Gasteiger partial charge on any atom is -0.313 e. The number of hydrogen-bond donors (Lipinski definition) is 1. The molecule has 0 unspecified atom stereocenters. The van der Waals surface area contributed by atoms with Crippen LogP contribution in [0.1, 0.15) is 44.6 Å². The van der Waals surface area contributed by atoms with Gasteiger partial charge in [-0.15, -0.1) is 0 Å². The molecule has 18 heavy (non-hydrogen) atoms. The molecule has 1 nitrogen and oxygen atoms in total. The predicted molar refractivity (Wildman–Crippen MR) is 72.1 cm³/mol. The molecule has 0 spiro atoms. The second kappa shape index (κ2) is 4.65. The molecule has 2 saturated carbocycles. The maximum absolute atomic E-state index is 13.4. The minimum absolute atomic E-state index is 0.0988. The van der Waals surface area contributed by atoms with E-state index < -0.39 is 0 Å². The van der Waals surface area contributed by atoms with Gasteiger partial charge in [-0.05, 0) is 49.3 Å². The molecule has 2 fully saturated rings. The fraction of sp³-hybridized carbons (Fsp3) is 0.625. The van der Waals surface area contributed by atoms with Crippen molar-refractivity contribution in [1.82, 2.24) is 5.32 Å². The van der Waals surface area contributed by atoms with Gasteiger partial charge in [-0.25, -0.2) is 4.39 Å².